The van der Waals surface area contributed by atoms with Crippen LogP contribution in [0.4, 0.5) is 5.69 Å². The van der Waals surface area contributed by atoms with E-state index in [-0.39, 0.29) is 11.7 Å². The van der Waals surface area contributed by atoms with Gasteiger partial charge in [0.2, 0.25) is 15.9 Å². The van der Waals surface area contributed by atoms with Crippen LogP contribution >= 0.6 is 0 Å². The molecule has 0 aliphatic carbocycles. The molecule has 2 rings (SSSR count). The molecule has 1 unspecified atom stereocenters. The van der Waals surface area contributed by atoms with E-state index in [1.165, 1.54) is 0 Å². The highest BCUT2D eigenvalue weighted by Crippen LogP contribution is 2.30. The van der Waals surface area contributed by atoms with Crippen molar-refractivity contribution < 1.29 is 13.2 Å². The first-order valence-electron chi connectivity index (χ1n) is 5.47. The Morgan fingerprint density at radius 3 is 2.41 bits per heavy atom. The van der Waals surface area contributed by atoms with Crippen LogP contribution < -0.4 is 4.31 Å². The number of nitrogens with zero attached hydrogens (tertiary/aromatic N) is 1. The topological polar surface area (TPSA) is 54.5 Å². The monoisotopic (exact) mass is 253 g/mol. The molecule has 1 aliphatic heterocycles. The van der Waals surface area contributed by atoms with Gasteiger partial charge in [-0.3, -0.25) is 4.79 Å². The van der Waals surface area contributed by atoms with Gasteiger partial charge in [-0.05, 0) is 25.5 Å². The number of amides is 1. The van der Waals surface area contributed by atoms with Crippen LogP contribution in [-0.2, 0) is 14.8 Å². The van der Waals surface area contributed by atoms with Gasteiger partial charge >= 0.3 is 0 Å². The Kier molecular flexibility index (Phi) is 2.73. The maximum Gasteiger partial charge on any atom is 0.244 e. The van der Waals surface area contributed by atoms with Crippen molar-refractivity contribution in [1.29, 1.82) is 0 Å². The quantitative estimate of drug-likeness (QED) is 0.764. The molecule has 0 aromatic heterocycles. The number of hydrogen-bond donors (Lipinski definition) is 0. The summed E-state index contributed by atoms with van der Waals surface area (Å²) in [5.74, 6) is -0.892. The van der Waals surface area contributed by atoms with Crippen molar-refractivity contribution in [2.45, 2.75) is 20.8 Å². The van der Waals surface area contributed by atoms with E-state index in [0.29, 0.717) is 5.69 Å². The molecule has 1 aliphatic rings. The van der Waals surface area contributed by atoms with Crippen LogP contribution in [0.15, 0.2) is 18.2 Å². The number of anilines is 1. The minimum atomic E-state index is -3.49. The van der Waals surface area contributed by atoms with Gasteiger partial charge in [-0.2, -0.15) is 0 Å². The highest BCUT2D eigenvalue weighted by Gasteiger charge is 2.42. The maximum absolute atomic E-state index is 11.9. The van der Waals surface area contributed by atoms with Crippen LogP contribution in [0.5, 0.6) is 0 Å². The van der Waals surface area contributed by atoms with E-state index in [9.17, 15) is 13.2 Å². The molecule has 1 aromatic carbocycles. The van der Waals surface area contributed by atoms with Gasteiger partial charge in [-0.15, -0.1) is 0 Å². The summed E-state index contributed by atoms with van der Waals surface area (Å²) < 4.78 is 24.8. The summed E-state index contributed by atoms with van der Waals surface area (Å²) in [7, 11) is -3.49. The number of carbonyl (C=O) groups excluding carboxylic acids is 1. The fourth-order valence-corrected chi connectivity index (χ4v) is 3.98. The molecule has 0 spiro atoms. The number of rotatable bonds is 1. The van der Waals surface area contributed by atoms with Gasteiger partial charge in [-0.25, -0.2) is 12.7 Å². The molecule has 1 saturated heterocycles. The first kappa shape index (κ1) is 12.1. The van der Waals surface area contributed by atoms with Gasteiger partial charge < -0.3 is 0 Å². The summed E-state index contributed by atoms with van der Waals surface area (Å²) in [6.45, 7) is 5.39. The molecule has 0 N–H and O–H groups in total. The zero-order valence-corrected chi connectivity index (χ0v) is 10.9. The Hall–Kier alpha value is -1.36. The van der Waals surface area contributed by atoms with Gasteiger partial charge in [-0.1, -0.05) is 24.6 Å². The summed E-state index contributed by atoms with van der Waals surface area (Å²) in [6.07, 6.45) is 0. The third kappa shape index (κ3) is 1.95. The predicted molar refractivity (Wildman–Crippen MR) is 66.4 cm³/mol. The molecule has 1 atom stereocenters. The lowest BCUT2D eigenvalue weighted by Gasteiger charge is -2.17. The van der Waals surface area contributed by atoms with E-state index in [1.54, 1.807) is 13.0 Å². The highest BCUT2D eigenvalue weighted by molar-refractivity contribution is 7.94. The third-order valence-corrected chi connectivity index (χ3v) is 4.79. The van der Waals surface area contributed by atoms with Crippen molar-refractivity contribution in [3.8, 4) is 0 Å². The second kappa shape index (κ2) is 3.84. The average molecular weight is 253 g/mol. The van der Waals surface area contributed by atoms with Crippen LogP contribution in [0.2, 0.25) is 0 Å². The summed E-state index contributed by atoms with van der Waals surface area (Å²) in [6, 6.07) is 5.38. The Morgan fingerprint density at radius 1 is 1.29 bits per heavy atom. The van der Waals surface area contributed by atoms with Crippen molar-refractivity contribution in [2.24, 2.45) is 5.92 Å². The molecule has 92 valence electrons. The second-order valence-corrected chi connectivity index (χ2v) is 6.43. The molecule has 17 heavy (non-hydrogen) atoms. The number of benzene rings is 1. The van der Waals surface area contributed by atoms with Gasteiger partial charge in [0.15, 0.2) is 0 Å². The standard InChI is InChI=1S/C12H15NO3S/c1-8-4-5-11(9(2)6-8)13-12(14)10(3)7-17(13,15)16/h4-6,10H,7H2,1-3H3. The number of hydrogen-bond acceptors (Lipinski definition) is 3. The molecule has 1 amide bonds. The summed E-state index contributed by atoms with van der Waals surface area (Å²) >= 11 is 0. The molecule has 0 radical (unpaired) electrons. The lowest BCUT2D eigenvalue weighted by atomic mass is 10.1. The van der Waals surface area contributed by atoms with E-state index < -0.39 is 15.9 Å². The first-order valence-corrected chi connectivity index (χ1v) is 7.08. The van der Waals surface area contributed by atoms with E-state index in [2.05, 4.69) is 0 Å². The van der Waals surface area contributed by atoms with Crippen molar-refractivity contribution >= 4 is 21.6 Å². The zero-order chi connectivity index (χ0) is 12.8. The molecular formula is C12H15NO3S. The summed E-state index contributed by atoms with van der Waals surface area (Å²) in [5.41, 5.74) is 2.32. The molecular weight excluding hydrogens is 238 g/mol. The molecule has 0 saturated carbocycles. The van der Waals surface area contributed by atoms with Crippen LogP contribution in [0.1, 0.15) is 18.1 Å². The van der Waals surface area contributed by atoms with Gasteiger partial charge in [0.1, 0.15) is 0 Å². The highest BCUT2D eigenvalue weighted by atomic mass is 32.2. The SMILES string of the molecule is Cc1ccc(N2C(=O)C(C)CS2(=O)=O)c(C)c1. The number of sulfonamides is 1. The fraction of sp³-hybridized carbons (Fsp3) is 0.417. The Balaban J connectivity index is 2.57. The molecule has 1 aromatic rings. The number of aryl methyl sites for hydroxylation is 2. The Morgan fingerprint density at radius 2 is 1.94 bits per heavy atom. The van der Waals surface area contributed by atoms with Gasteiger partial charge in [0.25, 0.3) is 0 Å². The minimum absolute atomic E-state index is 0.0981. The Labute approximate surface area is 101 Å². The third-order valence-electron chi connectivity index (χ3n) is 2.93. The lowest BCUT2D eigenvalue weighted by Crippen LogP contribution is -2.30. The van der Waals surface area contributed by atoms with Crippen molar-refractivity contribution in [1.82, 2.24) is 0 Å². The van der Waals surface area contributed by atoms with Crippen molar-refractivity contribution in [2.75, 3.05) is 10.1 Å². The van der Waals surface area contributed by atoms with Crippen LogP contribution in [0.25, 0.3) is 0 Å². The molecule has 1 fully saturated rings. The lowest BCUT2D eigenvalue weighted by molar-refractivity contribution is -0.119. The van der Waals surface area contributed by atoms with Crippen molar-refractivity contribution in [3.63, 3.8) is 0 Å². The molecule has 5 heteroatoms. The summed E-state index contributed by atoms with van der Waals surface area (Å²) in [4.78, 5) is 11.9. The van der Waals surface area contributed by atoms with Crippen molar-refractivity contribution in [3.05, 3.63) is 29.3 Å². The Bertz CT molecular complexity index is 577. The van der Waals surface area contributed by atoms with E-state index in [0.717, 1.165) is 15.4 Å². The maximum atomic E-state index is 11.9. The molecule has 4 nitrogen and oxygen atoms in total. The largest absolute Gasteiger partial charge is 0.273 e. The first-order chi connectivity index (χ1) is 7.83. The van der Waals surface area contributed by atoms with Gasteiger partial charge in [0.05, 0.1) is 17.4 Å². The molecule has 1 heterocycles. The van der Waals surface area contributed by atoms with E-state index >= 15 is 0 Å². The normalized spacial score (nSPS) is 23.1. The van der Waals surface area contributed by atoms with Gasteiger partial charge in [0, 0.05) is 0 Å². The predicted octanol–water partition coefficient (Wildman–Crippen LogP) is 1.62. The summed E-state index contributed by atoms with van der Waals surface area (Å²) in [5, 5.41) is 0. The van der Waals surface area contributed by atoms with Crippen LogP contribution in [0.3, 0.4) is 0 Å². The molecule has 0 bridgehead atoms. The average Bonchev–Trinajstić information content (AvgIpc) is 2.38. The van der Waals surface area contributed by atoms with Crippen LogP contribution in [0, 0.1) is 19.8 Å². The number of carbonyl (C=O) groups is 1. The van der Waals surface area contributed by atoms with Crippen LogP contribution in [-0.4, -0.2) is 20.1 Å². The smallest absolute Gasteiger partial charge is 0.244 e. The van der Waals surface area contributed by atoms with E-state index in [1.807, 2.05) is 26.0 Å². The van der Waals surface area contributed by atoms with E-state index in [4.69, 9.17) is 0 Å². The fourth-order valence-electron chi connectivity index (χ4n) is 2.10. The zero-order valence-electron chi connectivity index (χ0n) is 10.1. The minimum Gasteiger partial charge on any atom is -0.273 e. The second-order valence-electron chi connectivity index (χ2n) is 4.57.